The van der Waals surface area contributed by atoms with Crippen molar-refractivity contribution < 1.29 is 4.79 Å². The summed E-state index contributed by atoms with van der Waals surface area (Å²) in [6, 6.07) is 9.28. The Labute approximate surface area is 157 Å². The molecule has 0 spiro atoms. The first-order valence-electron chi connectivity index (χ1n) is 8.57. The van der Waals surface area contributed by atoms with Crippen LogP contribution in [0.5, 0.6) is 0 Å². The number of amides is 1. The van der Waals surface area contributed by atoms with Crippen molar-refractivity contribution in [3.63, 3.8) is 0 Å². The molecule has 0 saturated heterocycles. The normalized spacial score (nSPS) is 10.9. The Bertz CT molecular complexity index is 887. The van der Waals surface area contributed by atoms with Gasteiger partial charge < -0.3 is 11.1 Å². The zero-order chi connectivity index (χ0) is 18.5. The highest BCUT2D eigenvalue weighted by Crippen LogP contribution is 2.24. The molecule has 0 aliphatic heterocycles. The molecule has 2 aromatic heterocycles. The van der Waals surface area contributed by atoms with E-state index in [1.54, 1.807) is 23.7 Å². The van der Waals surface area contributed by atoms with Gasteiger partial charge in [-0.15, -0.1) is 11.3 Å². The van der Waals surface area contributed by atoms with Crippen molar-refractivity contribution >= 4 is 22.9 Å². The number of nitrogen functional groups attached to an aromatic ring is 1. The fourth-order valence-electron chi connectivity index (χ4n) is 2.58. The second-order valence-corrected chi connectivity index (χ2v) is 7.27. The van der Waals surface area contributed by atoms with E-state index in [1.165, 1.54) is 0 Å². The first kappa shape index (κ1) is 18.1. The topological polar surface area (TPSA) is 80.9 Å². The van der Waals surface area contributed by atoms with Gasteiger partial charge in [0.15, 0.2) is 0 Å². The van der Waals surface area contributed by atoms with Crippen molar-refractivity contribution in [2.45, 2.75) is 26.2 Å². The zero-order valence-corrected chi connectivity index (χ0v) is 15.7. The predicted octanol–water partition coefficient (Wildman–Crippen LogP) is 3.88. The lowest BCUT2D eigenvalue weighted by molar-refractivity contribution is 0.0954. The summed E-state index contributed by atoms with van der Waals surface area (Å²) in [5.74, 6) is 0.356. The smallest absolute Gasteiger partial charge is 0.251 e. The minimum Gasteiger partial charge on any atom is -0.397 e. The molecular weight excluding hydrogens is 344 g/mol. The molecule has 0 unspecified atom stereocenters. The molecule has 3 rings (SSSR count). The minimum absolute atomic E-state index is 0.0847. The highest BCUT2D eigenvalue weighted by molar-refractivity contribution is 7.09. The summed E-state index contributed by atoms with van der Waals surface area (Å²) in [7, 11) is 0. The molecule has 6 heteroatoms. The van der Waals surface area contributed by atoms with Crippen LogP contribution < -0.4 is 11.1 Å². The maximum atomic E-state index is 12.3. The number of nitrogens with zero attached hydrogens (tertiary/aromatic N) is 2. The summed E-state index contributed by atoms with van der Waals surface area (Å²) in [5, 5.41) is 6.15. The molecule has 0 aliphatic carbocycles. The average molecular weight is 366 g/mol. The van der Waals surface area contributed by atoms with E-state index in [1.807, 2.05) is 30.3 Å². The van der Waals surface area contributed by atoms with E-state index in [2.05, 4.69) is 34.5 Å². The molecule has 0 atom stereocenters. The lowest BCUT2D eigenvalue weighted by Gasteiger charge is -2.07. The van der Waals surface area contributed by atoms with E-state index in [4.69, 9.17) is 5.73 Å². The number of hydrogen-bond acceptors (Lipinski definition) is 5. The standard InChI is InChI=1S/C20H22N4OS/c1-13(2)20-24-16(12-26-20)7-10-23-19(25)15-5-3-14(4-6-15)17-8-9-22-11-18(17)21/h3-6,8-9,11-13H,7,10,21H2,1-2H3,(H,23,25). The second kappa shape index (κ2) is 8.10. The van der Waals surface area contributed by atoms with Gasteiger partial charge in [0.2, 0.25) is 0 Å². The van der Waals surface area contributed by atoms with Crippen LogP contribution in [-0.2, 0) is 6.42 Å². The van der Waals surface area contributed by atoms with Crippen LogP contribution >= 0.6 is 11.3 Å². The van der Waals surface area contributed by atoms with E-state index in [9.17, 15) is 4.79 Å². The number of carbonyl (C=O) groups is 1. The predicted molar refractivity (Wildman–Crippen MR) is 106 cm³/mol. The maximum Gasteiger partial charge on any atom is 0.251 e. The number of rotatable bonds is 6. The Balaban J connectivity index is 1.57. The second-order valence-electron chi connectivity index (χ2n) is 6.38. The van der Waals surface area contributed by atoms with E-state index >= 15 is 0 Å². The van der Waals surface area contributed by atoms with Crippen molar-refractivity contribution in [1.29, 1.82) is 0 Å². The largest absolute Gasteiger partial charge is 0.397 e. The number of pyridine rings is 1. The third-order valence-electron chi connectivity index (χ3n) is 4.04. The molecule has 0 aliphatic rings. The molecule has 5 nitrogen and oxygen atoms in total. The highest BCUT2D eigenvalue weighted by Gasteiger charge is 2.09. The summed E-state index contributed by atoms with van der Waals surface area (Å²) in [4.78, 5) is 20.9. The molecule has 3 N–H and O–H groups in total. The molecular formula is C20H22N4OS. The Morgan fingerprint density at radius 1 is 1.23 bits per heavy atom. The summed E-state index contributed by atoms with van der Waals surface area (Å²) in [5.41, 5.74) is 10.1. The third kappa shape index (κ3) is 4.26. The molecule has 0 saturated carbocycles. The van der Waals surface area contributed by atoms with Gasteiger partial charge in [-0.25, -0.2) is 4.98 Å². The molecule has 0 fully saturated rings. The first-order chi connectivity index (χ1) is 12.5. The number of nitrogens with one attached hydrogen (secondary N) is 1. The Morgan fingerprint density at radius 2 is 2.00 bits per heavy atom. The fourth-order valence-corrected chi connectivity index (χ4v) is 3.45. The summed E-state index contributed by atoms with van der Waals surface area (Å²) in [6.07, 6.45) is 4.06. The van der Waals surface area contributed by atoms with Crippen molar-refractivity contribution in [1.82, 2.24) is 15.3 Å². The quantitative estimate of drug-likeness (QED) is 0.694. The summed E-state index contributed by atoms with van der Waals surface area (Å²) >= 11 is 1.68. The van der Waals surface area contributed by atoms with Gasteiger partial charge in [0.05, 0.1) is 22.6 Å². The van der Waals surface area contributed by atoms with Gasteiger partial charge in [0.1, 0.15) is 0 Å². The Kier molecular flexibility index (Phi) is 5.63. The first-order valence-corrected chi connectivity index (χ1v) is 9.45. The lowest BCUT2D eigenvalue weighted by atomic mass is 10.0. The molecule has 0 radical (unpaired) electrons. The summed E-state index contributed by atoms with van der Waals surface area (Å²) in [6.45, 7) is 4.83. The van der Waals surface area contributed by atoms with Crippen molar-refractivity contribution in [3.8, 4) is 11.1 Å². The van der Waals surface area contributed by atoms with Gasteiger partial charge in [-0.05, 0) is 23.8 Å². The van der Waals surface area contributed by atoms with Crippen molar-refractivity contribution in [3.05, 3.63) is 64.4 Å². The van der Waals surface area contributed by atoms with Crippen molar-refractivity contribution in [2.75, 3.05) is 12.3 Å². The number of nitrogens with two attached hydrogens (primary N) is 1. The molecule has 1 aromatic carbocycles. The van der Waals surface area contributed by atoms with Crippen LogP contribution in [0.15, 0.2) is 48.1 Å². The monoisotopic (exact) mass is 366 g/mol. The van der Waals surface area contributed by atoms with Gasteiger partial charge >= 0.3 is 0 Å². The van der Waals surface area contributed by atoms with Crippen LogP contribution in [0.2, 0.25) is 0 Å². The number of carbonyl (C=O) groups excluding carboxylic acids is 1. The molecule has 2 heterocycles. The average Bonchev–Trinajstić information content (AvgIpc) is 3.11. The van der Waals surface area contributed by atoms with Crippen LogP contribution in [0, 0.1) is 0 Å². The van der Waals surface area contributed by atoms with E-state index in [0.29, 0.717) is 23.7 Å². The van der Waals surface area contributed by atoms with Crippen LogP contribution in [0.3, 0.4) is 0 Å². The number of anilines is 1. The number of thiazole rings is 1. The molecule has 0 bridgehead atoms. The van der Waals surface area contributed by atoms with Crippen molar-refractivity contribution in [2.24, 2.45) is 0 Å². The van der Waals surface area contributed by atoms with Gasteiger partial charge in [-0.1, -0.05) is 26.0 Å². The minimum atomic E-state index is -0.0847. The fraction of sp³-hybridized carbons (Fsp3) is 0.250. The Hall–Kier alpha value is -2.73. The van der Waals surface area contributed by atoms with Gasteiger partial charge in [-0.2, -0.15) is 0 Å². The number of hydrogen-bond donors (Lipinski definition) is 2. The van der Waals surface area contributed by atoms with E-state index in [0.717, 1.165) is 28.2 Å². The van der Waals surface area contributed by atoms with Gasteiger partial charge in [0.25, 0.3) is 5.91 Å². The Morgan fingerprint density at radius 3 is 2.65 bits per heavy atom. The molecule has 26 heavy (non-hydrogen) atoms. The number of aromatic nitrogens is 2. The van der Waals surface area contributed by atoms with Gasteiger partial charge in [-0.3, -0.25) is 9.78 Å². The summed E-state index contributed by atoms with van der Waals surface area (Å²) < 4.78 is 0. The van der Waals surface area contributed by atoms with Crippen LogP contribution in [-0.4, -0.2) is 22.4 Å². The highest BCUT2D eigenvalue weighted by atomic mass is 32.1. The zero-order valence-electron chi connectivity index (χ0n) is 14.9. The molecule has 134 valence electrons. The SMILES string of the molecule is CC(C)c1nc(CCNC(=O)c2ccc(-c3ccncc3N)cc2)cs1. The van der Waals surface area contributed by atoms with Crippen LogP contribution in [0.4, 0.5) is 5.69 Å². The molecule has 1 amide bonds. The van der Waals surface area contributed by atoms with E-state index < -0.39 is 0 Å². The van der Waals surface area contributed by atoms with Crippen LogP contribution in [0.25, 0.3) is 11.1 Å². The van der Waals surface area contributed by atoms with E-state index in [-0.39, 0.29) is 5.91 Å². The lowest BCUT2D eigenvalue weighted by Crippen LogP contribution is -2.25. The third-order valence-corrected chi connectivity index (χ3v) is 5.23. The number of benzene rings is 1. The maximum absolute atomic E-state index is 12.3. The van der Waals surface area contributed by atoms with Crippen LogP contribution in [0.1, 0.15) is 40.8 Å². The molecule has 3 aromatic rings. The van der Waals surface area contributed by atoms with Gasteiger partial charge in [0, 0.05) is 41.6 Å².